The molecule has 0 radical (unpaired) electrons. The molecule has 30 heavy (non-hydrogen) atoms. The lowest BCUT2D eigenvalue weighted by Crippen LogP contribution is -2.15. The van der Waals surface area contributed by atoms with E-state index in [-0.39, 0.29) is 11.6 Å². The Morgan fingerprint density at radius 1 is 1.00 bits per heavy atom. The molecule has 0 saturated heterocycles. The molecule has 0 atom stereocenters. The molecule has 5 rings (SSSR count). The van der Waals surface area contributed by atoms with Gasteiger partial charge in [-0.1, -0.05) is 30.3 Å². The Morgan fingerprint density at radius 2 is 1.80 bits per heavy atom. The number of amides is 1. The summed E-state index contributed by atoms with van der Waals surface area (Å²) in [7, 11) is 0. The summed E-state index contributed by atoms with van der Waals surface area (Å²) < 4.78 is 0.996. The zero-order valence-electron chi connectivity index (χ0n) is 16.0. The molecule has 0 unspecified atom stereocenters. The van der Waals surface area contributed by atoms with Gasteiger partial charge >= 0.3 is 0 Å². The molecule has 3 aromatic heterocycles. The van der Waals surface area contributed by atoms with E-state index in [1.807, 2.05) is 60.7 Å². The number of anilines is 1. The van der Waals surface area contributed by atoms with Crippen molar-refractivity contribution in [1.82, 2.24) is 25.0 Å². The number of fused-ring (bicyclic) bond motifs is 1. The van der Waals surface area contributed by atoms with Crippen LogP contribution in [-0.2, 0) is 0 Å². The van der Waals surface area contributed by atoms with Gasteiger partial charge in [-0.15, -0.1) is 16.4 Å². The summed E-state index contributed by atoms with van der Waals surface area (Å²) in [5, 5.41) is 12.6. The number of rotatable bonds is 4. The van der Waals surface area contributed by atoms with Crippen LogP contribution < -0.4 is 5.32 Å². The van der Waals surface area contributed by atoms with Gasteiger partial charge in [0.05, 0.1) is 27.3 Å². The number of hydrogen-bond donors (Lipinski definition) is 1. The molecule has 146 valence electrons. The number of thiazole rings is 1. The summed E-state index contributed by atoms with van der Waals surface area (Å²) in [6, 6.07) is 19.0. The predicted molar refractivity (Wildman–Crippen MR) is 117 cm³/mol. The molecule has 0 aliphatic carbocycles. The summed E-state index contributed by atoms with van der Waals surface area (Å²) in [6.45, 7) is 1.77. The van der Waals surface area contributed by atoms with Gasteiger partial charge in [-0.2, -0.15) is 9.90 Å². The second kappa shape index (κ2) is 7.49. The van der Waals surface area contributed by atoms with E-state index in [0.717, 1.165) is 26.5 Å². The fourth-order valence-electron chi connectivity index (χ4n) is 3.12. The van der Waals surface area contributed by atoms with Crippen molar-refractivity contribution >= 4 is 33.1 Å². The van der Waals surface area contributed by atoms with Gasteiger partial charge in [-0.3, -0.25) is 9.78 Å². The maximum Gasteiger partial charge on any atom is 0.278 e. The maximum absolute atomic E-state index is 13.0. The first-order valence-corrected chi connectivity index (χ1v) is 10.1. The minimum atomic E-state index is -0.315. The van der Waals surface area contributed by atoms with E-state index in [2.05, 4.69) is 25.5 Å². The minimum absolute atomic E-state index is 0.280. The molecule has 5 aromatic rings. The fraction of sp³-hybridized carbons (Fsp3) is 0.0455. The van der Waals surface area contributed by atoms with Crippen molar-refractivity contribution in [2.45, 2.75) is 6.92 Å². The van der Waals surface area contributed by atoms with Gasteiger partial charge in [0.1, 0.15) is 5.01 Å². The topological polar surface area (TPSA) is 85.6 Å². The lowest BCUT2D eigenvalue weighted by Gasteiger charge is -2.08. The van der Waals surface area contributed by atoms with Crippen molar-refractivity contribution < 1.29 is 4.79 Å². The molecule has 0 aliphatic rings. The number of aromatic nitrogens is 5. The van der Waals surface area contributed by atoms with Gasteiger partial charge in [-0.25, -0.2) is 4.98 Å². The van der Waals surface area contributed by atoms with Gasteiger partial charge in [0.2, 0.25) is 0 Å². The first-order chi connectivity index (χ1) is 14.7. The van der Waals surface area contributed by atoms with Gasteiger partial charge in [0, 0.05) is 18.0 Å². The summed E-state index contributed by atoms with van der Waals surface area (Å²) in [5.41, 5.74) is 4.03. The lowest BCUT2D eigenvalue weighted by molar-refractivity contribution is 0.102. The first-order valence-electron chi connectivity index (χ1n) is 9.30. The second-order valence-corrected chi connectivity index (χ2v) is 7.65. The highest BCUT2D eigenvalue weighted by Gasteiger charge is 2.19. The van der Waals surface area contributed by atoms with Gasteiger partial charge in [0.15, 0.2) is 5.69 Å². The molecule has 0 saturated carbocycles. The number of nitrogens with one attached hydrogen (secondary N) is 1. The Hall–Kier alpha value is -3.91. The molecule has 0 fully saturated rings. The molecular weight excluding hydrogens is 396 g/mol. The van der Waals surface area contributed by atoms with Crippen molar-refractivity contribution in [3.05, 3.63) is 84.4 Å². The third-order valence-electron chi connectivity index (χ3n) is 4.58. The number of carbonyl (C=O) groups excluding carboxylic acids is 1. The number of hydrogen-bond acceptors (Lipinski definition) is 6. The zero-order chi connectivity index (χ0) is 20.5. The standard InChI is InChI=1S/C22H16N6OS/c1-14-20(27-28(26-14)15-7-3-2-4-8-15)21(29)24-17-10-6-5-9-16(17)22-25-18-11-12-23-13-19(18)30-22/h2-13H,1H3,(H,24,29). The molecule has 1 amide bonds. The number of benzene rings is 2. The molecule has 1 N–H and O–H groups in total. The second-order valence-electron chi connectivity index (χ2n) is 6.62. The number of carbonyl (C=O) groups is 1. The van der Waals surface area contributed by atoms with Crippen LogP contribution in [0.15, 0.2) is 73.1 Å². The molecule has 7 nitrogen and oxygen atoms in total. The van der Waals surface area contributed by atoms with E-state index >= 15 is 0 Å². The van der Waals surface area contributed by atoms with Crippen LogP contribution in [0.5, 0.6) is 0 Å². The highest BCUT2D eigenvalue weighted by atomic mass is 32.1. The van der Waals surface area contributed by atoms with Crippen LogP contribution in [0.4, 0.5) is 5.69 Å². The SMILES string of the molecule is Cc1nn(-c2ccccc2)nc1C(=O)Nc1ccccc1-c1nc2ccncc2s1. The fourth-order valence-corrected chi connectivity index (χ4v) is 4.09. The van der Waals surface area contributed by atoms with E-state index < -0.39 is 0 Å². The summed E-state index contributed by atoms with van der Waals surface area (Å²) in [4.78, 5) is 23.3. The average Bonchev–Trinajstić information content (AvgIpc) is 3.38. The van der Waals surface area contributed by atoms with E-state index in [1.165, 1.54) is 16.1 Å². The number of nitrogens with zero attached hydrogens (tertiary/aromatic N) is 5. The molecule has 0 aliphatic heterocycles. The van der Waals surface area contributed by atoms with Gasteiger partial charge < -0.3 is 5.32 Å². The van der Waals surface area contributed by atoms with E-state index in [1.54, 1.807) is 19.3 Å². The van der Waals surface area contributed by atoms with Crippen LogP contribution in [0.2, 0.25) is 0 Å². The Balaban J connectivity index is 1.47. The van der Waals surface area contributed by atoms with Crippen molar-refractivity contribution in [2.24, 2.45) is 0 Å². The van der Waals surface area contributed by atoms with Crippen molar-refractivity contribution in [2.75, 3.05) is 5.32 Å². The quantitative estimate of drug-likeness (QED) is 0.470. The summed E-state index contributed by atoms with van der Waals surface area (Å²) >= 11 is 1.53. The van der Waals surface area contributed by atoms with Crippen LogP contribution >= 0.6 is 11.3 Å². The van der Waals surface area contributed by atoms with E-state index in [4.69, 9.17) is 0 Å². The minimum Gasteiger partial charge on any atom is -0.320 e. The zero-order valence-corrected chi connectivity index (χ0v) is 16.8. The molecular formula is C22H16N6OS. The maximum atomic E-state index is 13.0. The van der Waals surface area contributed by atoms with Crippen molar-refractivity contribution in [1.29, 1.82) is 0 Å². The highest BCUT2D eigenvalue weighted by Crippen LogP contribution is 2.34. The van der Waals surface area contributed by atoms with E-state index in [9.17, 15) is 4.79 Å². The predicted octanol–water partition coefficient (Wildman–Crippen LogP) is 4.50. The number of aryl methyl sites for hydroxylation is 1. The molecule has 0 spiro atoms. The Kier molecular flexibility index (Phi) is 4.53. The lowest BCUT2D eigenvalue weighted by atomic mass is 10.2. The third-order valence-corrected chi connectivity index (χ3v) is 5.62. The molecule has 8 heteroatoms. The van der Waals surface area contributed by atoms with Gasteiger partial charge in [0.25, 0.3) is 5.91 Å². The van der Waals surface area contributed by atoms with Crippen LogP contribution in [-0.4, -0.2) is 30.9 Å². The van der Waals surface area contributed by atoms with Crippen LogP contribution in [0.25, 0.3) is 26.5 Å². The van der Waals surface area contributed by atoms with Crippen LogP contribution in [0.3, 0.4) is 0 Å². The van der Waals surface area contributed by atoms with Crippen LogP contribution in [0, 0.1) is 6.92 Å². The smallest absolute Gasteiger partial charge is 0.278 e. The normalized spacial score (nSPS) is 11.0. The largest absolute Gasteiger partial charge is 0.320 e. The Labute approximate surface area is 176 Å². The van der Waals surface area contributed by atoms with Gasteiger partial charge in [-0.05, 0) is 37.3 Å². The number of para-hydroxylation sites is 2. The monoisotopic (exact) mass is 412 g/mol. The van der Waals surface area contributed by atoms with Crippen molar-refractivity contribution in [3.8, 4) is 16.3 Å². The van der Waals surface area contributed by atoms with Crippen molar-refractivity contribution in [3.63, 3.8) is 0 Å². The Bertz CT molecular complexity index is 1330. The summed E-state index contributed by atoms with van der Waals surface area (Å²) in [5.74, 6) is -0.315. The highest BCUT2D eigenvalue weighted by molar-refractivity contribution is 7.21. The van der Waals surface area contributed by atoms with Crippen LogP contribution in [0.1, 0.15) is 16.2 Å². The number of pyridine rings is 1. The Morgan fingerprint density at radius 3 is 2.63 bits per heavy atom. The molecule has 3 heterocycles. The average molecular weight is 412 g/mol. The first kappa shape index (κ1) is 18.1. The molecule has 0 bridgehead atoms. The molecule has 2 aromatic carbocycles. The van der Waals surface area contributed by atoms with E-state index in [0.29, 0.717) is 11.4 Å². The third kappa shape index (κ3) is 3.33. The summed E-state index contributed by atoms with van der Waals surface area (Å²) in [6.07, 6.45) is 3.52.